The number of ether oxygens (including phenoxy) is 2. The first-order valence-electron chi connectivity index (χ1n) is 9.02. The molecule has 0 fully saturated rings. The van der Waals surface area contributed by atoms with Crippen molar-refractivity contribution < 1.29 is 14.3 Å². The Morgan fingerprint density at radius 3 is 2.73 bits per heavy atom. The summed E-state index contributed by atoms with van der Waals surface area (Å²) in [6.07, 6.45) is 1.97. The highest BCUT2D eigenvalue weighted by molar-refractivity contribution is 8.01. The van der Waals surface area contributed by atoms with Crippen LogP contribution in [0.4, 0.5) is 5.13 Å². The number of nitrogens with one attached hydrogen (secondary N) is 1. The van der Waals surface area contributed by atoms with Gasteiger partial charge in [0.2, 0.25) is 11.0 Å². The third kappa shape index (κ3) is 4.52. The Balaban J connectivity index is 1.42. The number of carbonyl (C=O) groups excluding carboxylic acids is 1. The van der Waals surface area contributed by atoms with Crippen molar-refractivity contribution in [2.45, 2.75) is 15.7 Å². The predicted octanol–water partition coefficient (Wildman–Crippen LogP) is 4.44. The fraction of sp³-hybridized carbons (Fsp3) is 0.143. The Kier molecular flexibility index (Phi) is 6.10. The van der Waals surface area contributed by atoms with Gasteiger partial charge in [-0.25, -0.2) is 0 Å². The van der Waals surface area contributed by atoms with E-state index in [0.717, 1.165) is 25.7 Å². The lowest BCUT2D eigenvalue weighted by Crippen LogP contribution is -2.14. The molecule has 0 radical (unpaired) electrons. The molecule has 0 aliphatic carbocycles. The van der Waals surface area contributed by atoms with Crippen molar-refractivity contribution in [1.82, 2.24) is 15.2 Å². The first kappa shape index (κ1) is 20.1. The van der Waals surface area contributed by atoms with E-state index in [2.05, 4.69) is 20.5 Å². The summed E-state index contributed by atoms with van der Waals surface area (Å²) in [6, 6.07) is 15.3. The van der Waals surface area contributed by atoms with Crippen molar-refractivity contribution in [2.75, 3.05) is 19.5 Å². The van der Waals surface area contributed by atoms with Crippen LogP contribution in [0.25, 0.3) is 10.9 Å². The van der Waals surface area contributed by atoms with Gasteiger partial charge in [-0.05, 0) is 29.8 Å². The molecule has 4 rings (SSSR count). The van der Waals surface area contributed by atoms with Gasteiger partial charge in [-0.15, -0.1) is 10.2 Å². The van der Waals surface area contributed by atoms with Crippen LogP contribution >= 0.6 is 23.1 Å². The second-order valence-electron chi connectivity index (χ2n) is 6.22. The van der Waals surface area contributed by atoms with Gasteiger partial charge in [-0.1, -0.05) is 47.4 Å². The molecule has 152 valence electrons. The minimum Gasteiger partial charge on any atom is -0.493 e. The van der Waals surface area contributed by atoms with E-state index >= 15 is 0 Å². The normalized spacial score (nSPS) is 10.7. The molecular formula is C21H18N4O3S2. The first-order chi connectivity index (χ1) is 14.7. The molecule has 0 unspecified atom stereocenters. The van der Waals surface area contributed by atoms with Crippen molar-refractivity contribution in [1.29, 1.82) is 0 Å². The zero-order valence-electron chi connectivity index (χ0n) is 16.3. The summed E-state index contributed by atoms with van der Waals surface area (Å²) in [5, 5.41) is 12.6. The molecule has 0 aliphatic heterocycles. The lowest BCUT2D eigenvalue weighted by Gasteiger charge is -2.09. The first-order valence-corrected chi connectivity index (χ1v) is 10.7. The number of fused-ring (bicyclic) bond motifs is 1. The van der Waals surface area contributed by atoms with Gasteiger partial charge >= 0.3 is 0 Å². The van der Waals surface area contributed by atoms with Gasteiger partial charge in [0.15, 0.2) is 15.8 Å². The molecule has 0 saturated heterocycles. The average Bonchev–Trinajstić information content (AvgIpc) is 3.20. The van der Waals surface area contributed by atoms with Crippen molar-refractivity contribution in [3.8, 4) is 11.5 Å². The largest absolute Gasteiger partial charge is 0.493 e. The third-order valence-electron chi connectivity index (χ3n) is 4.27. The highest BCUT2D eigenvalue weighted by Crippen LogP contribution is 2.35. The number of benzene rings is 2. The van der Waals surface area contributed by atoms with Crippen LogP contribution in [0, 0.1) is 0 Å². The minimum absolute atomic E-state index is 0.177. The second-order valence-corrected chi connectivity index (χ2v) is 8.48. The number of methoxy groups -OCH3 is 2. The maximum atomic E-state index is 12.4. The standard InChI is InChI=1S/C21H18N4O3S2/c1-27-16-8-7-13(11-17(16)28-2)12-19(26)23-20-24-25-21(30-20)29-18-9-10-22-15-6-4-3-5-14(15)18/h3-11H,12H2,1-2H3,(H,23,24,26). The van der Waals surface area contributed by atoms with E-state index in [-0.39, 0.29) is 12.3 Å². The zero-order chi connectivity index (χ0) is 20.9. The highest BCUT2D eigenvalue weighted by Gasteiger charge is 2.13. The van der Waals surface area contributed by atoms with Gasteiger partial charge in [0.25, 0.3) is 0 Å². The van der Waals surface area contributed by atoms with E-state index in [9.17, 15) is 4.79 Å². The van der Waals surface area contributed by atoms with Crippen LogP contribution in [0.5, 0.6) is 11.5 Å². The van der Waals surface area contributed by atoms with Gasteiger partial charge in [0, 0.05) is 16.5 Å². The fourth-order valence-corrected chi connectivity index (χ4v) is 4.74. The molecule has 2 aromatic carbocycles. The molecule has 7 nitrogen and oxygen atoms in total. The lowest BCUT2D eigenvalue weighted by atomic mass is 10.1. The van der Waals surface area contributed by atoms with Gasteiger partial charge in [-0.3, -0.25) is 9.78 Å². The van der Waals surface area contributed by atoms with Gasteiger partial charge < -0.3 is 14.8 Å². The Hall–Kier alpha value is -3.17. The third-order valence-corrected chi connectivity index (χ3v) is 6.24. The van der Waals surface area contributed by atoms with E-state index < -0.39 is 0 Å². The number of rotatable bonds is 7. The van der Waals surface area contributed by atoms with Crippen molar-refractivity contribution in [3.63, 3.8) is 0 Å². The summed E-state index contributed by atoms with van der Waals surface area (Å²) in [7, 11) is 3.14. The minimum atomic E-state index is -0.177. The molecule has 0 spiro atoms. The predicted molar refractivity (Wildman–Crippen MR) is 118 cm³/mol. The SMILES string of the molecule is COc1ccc(CC(=O)Nc2nnc(Sc3ccnc4ccccc34)s2)cc1OC. The summed E-state index contributed by atoms with van der Waals surface area (Å²) in [5.74, 6) is 1.03. The Bertz CT molecular complexity index is 1190. The molecule has 2 heterocycles. The Morgan fingerprint density at radius 2 is 1.90 bits per heavy atom. The lowest BCUT2D eigenvalue weighted by molar-refractivity contribution is -0.115. The molecule has 0 atom stereocenters. The molecule has 2 aromatic heterocycles. The molecule has 0 saturated carbocycles. The van der Waals surface area contributed by atoms with E-state index in [4.69, 9.17) is 9.47 Å². The quantitative estimate of drug-likeness (QED) is 0.427. The fourth-order valence-electron chi connectivity index (χ4n) is 2.89. The molecule has 9 heteroatoms. The van der Waals surface area contributed by atoms with E-state index in [1.54, 1.807) is 32.5 Å². The van der Waals surface area contributed by atoms with Crippen molar-refractivity contribution >= 4 is 45.0 Å². The number of carbonyl (C=O) groups is 1. The number of nitrogens with zero attached hydrogens (tertiary/aromatic N) is 3. The maximum absolute atomic E-state index is 12.4. The topological polar surface area (TPSA) is 86.2 Å². The smallest absolute Gasteiger partial charge is 0.230 e. The van der Waals surface area contributed by atoms with Crippen LogP contribution < -0.4 is 14.8 Å². The van der Waals surface area contributed by atoms with Gasteiger partial charge in [-0.2, -0.15) is 0 Å². The van der Waals surface area contributed by atoms with Crippen LogP contribution in [-0.2, 0) is 11.2 Å². The van der Waals surface area contributed by atoms with Crippen LogP contribution in [-0.4, -0.2) is 35.3 Å². The van der Waals surface area contributed by atoms with Crippen LogP contribution in [0.1, 0.15) is 5.56 Å². The van der Waals surface area contributed by atoms with Crippen molar-refractivity contribution in [3.05, 3.63) is 60.3 Å². The highest BCUT2D eigenvalue weighted by atomic mass is 32.2. The van der Waals surface area contributed by atoms with Gasteiger partial charge in [0.05, 0.1) is 26.2 Å². The van der Waals surface area contributed by atoms with Gasteiger partial charge in [0.1, 0.15) is 0 Å². The summed E-state index contributed by atoms with van der Waals surface area (Å²) in [6.45, 7) is 0. The average molecular weight is 439 g/mol. The van der Waals surface area contributed by atoms with Crippen LogP contribution in [0.15, 0.2) is 64.0 Å². The number of pyridine rings is 1. The zero-order valence-corrected chi connectivity index (χ0v) is 17.9. The number of aromatic nitrogens is 3. The number of hydrogen-bond acceptors (Lipinski definition) is 8. The molecule has 1 amide bonds. The molecule has 30 heavy (non-hydrogen) atoms. The monoisotopic (exact) mass is 438 g/mol. The maximum Gasteiger partial charge on any atom is 0.230 e. The number of amides is 1. The number of anilines is 1. The Morgan fingerprint density at radius 1 is 1.07 bits per heavy atom. The molecule has 4 aromatic rings. The molecule has 0 aliphatic rings. The molecular weight excluding hydrogens is 420 g/mol. The number of para-hydroxylation sites is 1. The summed E-state index contributed by atoms with van der Waals surface area (Å²) < 4.78 is 11.2. The summed E-state index contributed by atoms with van der Waals surface area (Å²) in [4.78, 5) is 17.8. The summed E-state index contributed by atoms with van der Waals surface area (Å²) >= 11 is 2.83. The second kappa shape index (κ2) is 9.10. The van der Waals surface area contributed by atoms with Crippen molar-refractivity contribution in [2.24, 2.45) is 0 Å². The van der Waals surface area contributed by atoms with E-state index in [1.165, 1.54) is 23.1 Å². The van der Waals surface area contributed by atoms with E-state index in [1.807, 2.05) is 36.4 Å². The Labute approximate surface area is 181 Å². The molecule has 1 N–H and O–H groups in total. The summed E-state index contributed by atoms with van der Waals surface area (Å²) in [5.41, 5.74) is 1.74. The number of hydrogen-bond donors (Lipinski definition) is 1. The van der Waals surface area contributed by atoms with E-state index in [0.29, 0.717) is 16.6 Å². The van der Waals surface area contributed by atoms with Crippen LogP contribution in [0.2, 0.25) is 0 Å². The van der Waals surface area contributed by atoms with Crippen LogP contribution in [0.3, 0.4) is 0 Å². The molecule has 0 bridgehead atoms.